The molecule has 1 aromatic rings. The summed E-state index contributed by atoms with van der Waals surface area (Å²) in [6.45, 7) is 3.21. The van der Waals surface area contributed by atoms with Crippen LogP contribution in [0.15, 0.2) is 12.1 Å². The summed E-state index contributed by atoms with van der Waals surface area (Å²) in [6.07, 6.45) is 0.784. The van der Waals surface area contributed by atoms with Gasteiger partial charge in [0.2, 0.25) is 0 Å². The Bertz CT molecular complexity index is 404. The summed E-state index contributed by atoms with van der Waals surface area (Å²) in [4.78, 5) is 10.4. The molecule has 1 aromatic carbocycles. The number of hydrogen-bond donors (Lipinski definition) is 1. The van der Waals surface area contributed by atoms with Crippen molar-refractivity contribution in [3.8, 4) is 5.75 Å². The lowest BCUT2D eigenvalue weighted by Crippen LogP contribution is -1.98. The summed E-state index contributed by atoms with van der Waals surface area (Å²) in [7, 11) is 0. The monoisotopic (exact) mass is 208 g/mol. The Labute approximate surface area is 87.2 Å². The van der Waals surface area contributed by atoms with Crippen LogP contribution in [0.5, 0.6) is 5.75 Å². The SMILES string of the molecule is CCOc1ccc([N+](=O)[O-])c2c1CCN2. The summed E-state index contributed by atoms with van der Waals surface area (Å²) in [5.41, 5.74) is 1.67. The summed E-state index contributed by atoms with van der Waals surface area (Å²) in [5, 5.41) is 13.8. The van der Waals surface area contributed by atoms with E-state index in [2.05, 4.69) is 5.32 Å². The fraction of sp³-hybridized carbons (Fsp3) is 0.400. The van der Waals surface area contributed by atoms with Gasteiger partial charge in [-0.25, -0.2) is 0 Å². The van der Waals surface area contributed by atoms with Crippen LogP contribution in [0.3, 0.4) is 0 Å². The van der Waals surface area contributed by atoms with Crippen molar-refractivity contribution in [1.82, 2.24) is 0 Å². The van der Waals surface area contributed by atoms with Gasteiger partial charge < -0.3 is 10.1 Å². The van der Waals surface area contributed by atoms with E-state index in [4.69, 9.17) is 4.74 Å². The molecule has 0 aliphatic carbocycles. The first-order chi connectivity index (χ1) is 7.24. The first kappa shape index (κ1) is 9.76. The fourth-order valence-electron chi connectivity index (χ4n) is 1.82. The van der Waals surface area contributed by atoms with E-state index >= 15 is 0 Å². The zero-order chi connectivity index (χ0) is 10.8. The van der Waals surface area contributed by atoms with Gasteiger partial charge in [0, 0.05) is 18.2 Å². The second-order valence-electron chi connectivity index (χ2n) is 3.30. The Balaban J connectivity index is 2.48. The molecule has 1 aliphatic rings. The van der Waals surface area contributed by atoms with Gasteiger partial charge >= 0.3 is 0 Å². The first-order valence-corrected chi connectivity index (χ1v) is 4.91. The van der Waals surface area contributed by atoms with Crippen molar-refractivity contribution in [2.24, 2.45) is 0 Å². The Morgan fingerprint density at radius 2 is 2.40 bits per heavy atom. The molecule has 0 saturated carbocycles. The van der Waals surface area contributed by atoms with E-state index in [-0.39, 0.29) is 10.6 Å². The molecule has 0 radical (unpaired) electrons. The Kier molecular flexibility index (Phi) is 2.45. The molecule has 5 nitrogen and oxygen atoms in total. The molecule has 0 spiro atoms. The molecule has 0 atom stereocenters. The predicted octanol–water partition coefficient (Wildman–Crippen LogP) is 1.96. The highest BCUT2D eigenvalue weighted by atomic mass is 16.6. The van der Waals surface area contributed by atoms with Gasteiger partial charge in [-0.15, -0.1) is 0 Å². The largest absolute Gasteiger partial charge is 0.494 e. The van der Waals surface area contributed by atoms with E-state index in [1.54, 1.807) is 6.07 Å². The maximum Gasteiger partial charge on any atom is 0.292 e. The van der Waals surface area contributed by atoms with Gasteiger partial charge in [-0.2, -0.15) is 0 Å². The smallest absolute Gasteiger partial charge is 0.292 e. The van der Waals surface area contributed by atoms with Crippen molar-refractivity contribution in [3.63, 3.8) is 0 Å². The molecule has 2 rings (SSSR count). The van der Waals surface area contributed by atoms with Crippen molar-refractivity contribution in [3.05, 3.63) is 27.8 Å². The van der Waals surface area contributed by atoms with Crippen LogP contribution in [0.4, 0.5) is 11.4 Å². The topological polar surface area (TPSA) is 64.4 Å². The molecule has 0 fully saturated rings. The second-order valence-corrected chi connectivity index (χ2v) is 3.30. The van der Waals surface area contributed by atoms with Gasteiger partial charge in [-0.05, 0) is 19.4 Å². The number of fused-ring (bicyclic) bond motifs is 1. The van der Waals surface area contributed by atoms with Crippen molar-refractivity contribution < 1.29 is 9.66 Å². The number of nitrogens with zero attached hydrogens (tertiary/aromatic N) is 1. The van der Waals surface area contributed by atoms with Crippen molar-refractivity contribution >= 4 is 11.4 Å². The normalized spacial score (nSPS) is 13.1. The standard InChI is InChI=1S/C10H12N2O3/c1-2-15-9-4-3-8(12(13)14)10-7(9)5-6-11-10/h3-4,11H,2,5-6H2,1H3. The lowest BCUT2D eigenvalue weighted by Gasteiger charge is -2.08. The lowest BCUT2D eigenvalue weighted by molar-refractivity contribution is -0.383. The molecule has 0 amide bonds. The van der Waals surface area contributed by atoms with E-state index < -0.39 is 0 Å². The fourth-order valence-corrected chi connectivity index (χ4v) is 1.82. The number of anilines is 1. The Morgan fingerprint density at radius 1 is 1.60 bits per heavy atom. The van der Waals surface area contributed by atoms with E-state index in [1.807, 2.05) is 6.92 Å². The van der Waals surface area contributed by atoms with Gasteiger partial charge in [0.05, 0.1) is 11.5 Å². The van der Waals surface area contributed by atoms with E-state index in [0.717, 1.165) is 24.3 Å². The minimum absolute atomic E-state index is 0.131. The highest BCUT2D eigenvalue weighted by molar-refractivity contribution is 5.72. The number of nitro benzene ring substituents is 1. The van der Waals surface area contributed by atoms with Crippen molar-refractivity contribution in [2.75, 3.05) is 18.5 Å². The molecular formula is C10H12N2O3. The summed E-state index contributed by atoms with van der Waals surface area (Å²) < 4.78 is 5.42. The van der Waals surface area contributed by atoms with Gasteiger partial charge in [-0.1, -0.05) is 0 Å². The number of hydrogen-bond acceptors (Lipinski definition) is 4. The van der Waals surface area contributed by atoms with Gasteiger partial charge in [-0.3, -0.25) is 10.1 Å². The van der Waals surface area contributed by atoms with Crippen LogP contribution < -0.4 is 10.1 Å². The zero-order valence-electron chi connectivity index (χ0n) is 8.45. The minimum atomic E-state index is -0.368. The van der Waals surface area contributed by atoms with Gasteiger partial charge in [0.1, 0.15) is 11.4 Å². The Hall–Kier alpha value is -1.78. The average molecular weight is 208 g/mol. The molecular weight excluding hydrogens is 196 g/mol. The third kappa shape index (κ3) is 1.60. The van der Waals surface area contributed by atoms with Crippen molar-refractivity contribution in [2.45, 2.75) is 13.3 Å². The van der Waals surface area contributed by atoms with Gasteiger partial charge in [0.25, 0.3) is 5.69 Å². The van der Waals surface area contributed by atoms with Crippen molar-refractivity contribution in [1.29, 1.82) is 0 Å². The molecule has 0 unspecified atom stereocenters. The van der Waals surface area contributed by atoms with E-state index in [0.29, 0.717) is 12.3 Å². The molecule has 80 valence electrons. The number of benzene rings is 1. The molecule has 1 heterocycles. The molecule has 1 aliphatic heterocycles. The van der Waals surface area contributed by atoms with Crippen LogP contribution in [0.1, 0.15) is 12.5 Å². The summed E-state index contributed by atoms with van der Waals surface area (Å²) in [6, 6.07) is 3.16. The molecule has 0 saturated heterocycles. The zero-order valence-corrected chi connectivity index (χ0v) is 8.45. The first-order valence-electron chi connectivity index (χ1n) is 4.91. The maximum atomic E-state index is 10.8. The number of nitrogens with one attached hydrogen (secondary N) is 1. The van der Waals surface area contributed by atoms with Gasteiger partial charge in [0.15, 0.2) is 0 Å². The van der Waals surface area contributed by atoms with Crippen LogP contribution >= 0.6 is 0 Å². The number of nitro groups is 1. The maximum absolute atomic E-state index is 10.8. The third-order valence-corrected chi connectivity index (χ3v) is 2.42. The highest BCUT2D eigenvalue weighted by Gasteiger charge is 2.24. The Morgan fingerprint density at radius 3 is 3.07 bits per heavy atom. The van der Waals surface area contributed by atoms with Crippen LogP contribution in [0.25, 0.3) is 0 Å². The quantitative estimate of drug-likeness (QED) is 0.609. The van der Waals surface area contributed by atoms with Crippen LogP contribution in [-0.4, -0.2) is 18.1 Å². The van der Waals surface area contributed by atoms with Crippen LogP contribution in [-0.2, 0) is 6.42 Å². The molecule has 15 heavy (non-hydrogen) atoms. The predicted molar refractivity (Wildman–Crippen MR) is 56.5 cm³/mol. The summed E-state index contributed by atoms with van der Waals surface area (Å²) >= 11 is 0. The minimum Gasteiger partial charge on any atom is -0.494 e. The van der Waals surface area contributed by atoms with Crippen LogP contribution in [0, 0.1) is 10.1 Å². The molecule has 5 heteroatoms. The lowest BCUT2D eigenvalue weighted by atomic mass is 10.1. The third-order valence-electron chi connectivity index (χ3n) is 2.42. The number of ether oxygens (including phenoxy) is 1. The average Bonchev–Trinajstić information content (AvgIpc) is 2.66. The number of rotatable bonds is 3. The van der Waals surface area contributed by atoms with Crippen LogP contribution in [0.2, 0.25) is 0 Å². The van der Waals surface area contributed by atoms with E-state index in [9.17, 15) is 10.1 Å². The molecule has 0 bridgehead atoms. The molecule has 1 N–H and O–H groups in total. The van der Waals surface area contributed by atoms with E-state index in [1.165, 1.54) is 6.07 Å². The highest BCUT2D eigenvalue weighted by Crippen LogP contribution is 2.38. The summed E-state index contributed by atoms with van der Waals surface area (Å²) in [5.74, 6) is 0.753. The molecule has 0 aromatic heterocycles. The second kappa shape index (κ2) is 3.76.